The van der Waals surface area contributed by atoms with E-state index in [4.69, 9.17) is 9.47 Å². The maximum absolute atomic E-state index is 13.6. The fourth-order valence-corrected chi connectivity index (χ4v) is 3.06. The summed E-state index contributed by atoms with van der Waals surface area (Å²) in [4.78, 5) is 17.2. The van der Waals surface area contributed by atoms with E-state index in [2.05, 4.69) is 10.1 Å². The lowest BCUT2D eigenvalue weighted by Crippen LogP contribution is -2.25. The Kier molecular flexibility index (Phi) is 5.75. The lowest BCUT2D eigenvalue weighted by atomic mass is 9.88. The second-order valence-corrected chi connectivity index (χ2v) is 6.15. The number of rotatable bonds is 6. The molecule has 6 nitrogen and oxygen atoms in total. The van der Waals surface area contributed by atoms with Crippen LogP contribution in [-0.2, 0) is 4.74 Å². The zero-order chi connectivity index (χ0) is 17.6. The first kappa shape index (κ1) is 17.5. The molecule has 3 rings (SSSR count). The Morgan fingerprint density at radius 3 is 2.80 bits per heavy atom. The van der Waals surface area contributed by atoms with E-state index >= 15 is 0 Å². The lowest BCUT2D eigenvalue weighted by molar-refractivity contribution is 0.0783. The van der Waals surface area contributed by atoms with Crippen molar-refractivity contribution in [1.29, 1.82) is 0 Å². The first-order chi connectivity index (χ1) is 12.2. The van der Waals surface area contributed by atoms with Crippen LogP contribution < -0.4 is 4.74 Å². The minimum absolute atomic E-state index is 0.0745. The van der Waals surface area contributed by atoms with Crippen LogP contribution in [0.3, 0.4) is 0 Å². The summed E-state index contributed by atoms with van der Waals surface area (Å²) in [5.74, 6) is -0.260. The molecule has 134 valence electrons. The molecule has 0 radical (unpaired) electrons. The van der Waals surface area contributed by atoms with E-state index < -0.39 is 0 Å². The highest BCUT2D eigenvalue weighted by Gasteiger charge is 2.27. The quantitative estimate of drug-likeness (QED) is 0.750. The fraction of sp³-hybridized carbons (Fsp3) is 0.500. The van der Waals surface area contributed by atoms with Crippen molar-refractivity contribution in [2.45, 2.75) is 32.1 Å². The summed E-state index contributed by atoms with van der Waals surface area (Å²) in [6.45, 7) is 0.668. The van der Waals surface area contributed by atoms with Crippen molar-refractivity contribution in [2.24, 2.45) is 5.92 Å². The Bertz CT molecular complexity index is 726. The molecule has 1 heterocycles. The number of hydrogen-bond donors (Lipinski definition) is 0. The van der Waals surface area contributed by atoms with Gasteiger partial charge in [0.05, 0.1) is 6.61 Å². The summed E-state index contributed by atoms with van der Waals surface area (Å²) in [7, 11) is 1.57. The molecule has 0 saturated heterocycles. The zero-order valence-electron chi connectivity index (χ0n) is 14.3. The molecule has 1 saturated carbocycles. The van der Waals surface area contributed by atoms with Gasteiger partial charge in [-0.1, -0.05) is 31.4 Å². The van der Waals surface area contributed by atoms with Gasteiger partial charge in [-0.15, -0.1) is 5.10 Å². The Morgan fingerprint density at radius 2 is 2.08 bits per heavy atom. The van der Waals surface area contributed by atoms with E-state index in [1.807, 2.05) is 0 Å². The highest BCUT2D eigenvalue weighted by Crippen LogP contribution is 2.28. The van der Waals surface area contributed by atoms with Gasteiger partial charge in [-0.2, -0.15) is 9.67 Å². The molecular weight excluding hydrogens is 325 g/mol. The third-order valence-electron chi connectivity index (χ3n) is 4.35. The molecule has 1 aromatic heterocycles. The maximum Gasteiger partial charge on any atom is 0.336 e. The molecule has 2 aromatic rings. The molecule has 0 N–H and O–H groups in total. The number of carbonyl (C=O) groups excluding carboxylic acids is 1. The summed E-state index contributed by atoms with van der Waals surface area (Å²) in [5.41, 5.74) is 0.498. The molecule has 1 aromatic carbocycles. The predicted octanol–water partition coefficient (Wildman–Crippen LogP) is 3.33. The van der Waals surface area contributed by atoms with Gasteiger partial charge in [0.2, 0.25) is 0 Å². The first-order valence-electron chi connectivity index (χ1n) is 8.58. The van der Waals surface area contributed by atoms with E-state index in [1.54, 1.807) is 19.2 Å². The Morgan fingerprint density at radius 1 is 1.28 bits per heavy atom. The molecule has 1 aliphatic carbocycles. The van der Waals surface area contributed by atoms with Crippen LogP contribution in [0.2, 0.25) is 0 Å². The lowest BCUT2D eigenvalue weighted by Gasteiger charge is -2.20. The number of methoxy groups -OCH3 is 1. The number of hydrogen-bond acceptors (Lipinski definition) is 5. The number of halogens is 1. The van der Waals surface area contributed by atoms with Crippen molar-refractivity contribution in [3.8, 4) is 17.4 Å². The van der Waals surface area contributed by atoms with Crippen LogP contribution in [0.1, 0.15) is 36.9 Å². The molecule has 0 bridgehead atoms. The summed E-state index contributed by atoms with van der Waals surface area (Å²) in [6.07, 6.45) is 4.93. The van der Waals surface area contributed by atoms with Crippen LogP contribution in [0.4, 0.5) is 4.39 Å². The Hall–Kier alpha value is -2.28. The monoisotopic (exact) mass is 347 g/mol. The van der Waals surface area contributed by atoms with Crippen LogP contribution in [0, 0.1) is 11.7 Å². The number of carbonyl (C=O) groups is 1. The van der Waals surface area contributed by atoms with Crippen molar-refractivity contribution >= 4 is 5.91 Å². The Balaban J connectivity index is 1.91. The van der Waals surface area contributed by atoms with Gasteiger partial charge in [0.15, 0.2) is 5.82 Å². The van der Waals surface area contributed by atoms with E-state index in [-0.39, 0.29) is 30.3 Å². The van der Waals surface area contributed by atoms with Crippen LogP contribution in [0.15, 0.2) is 24.3 Å². The summed E-state index contributed by atoms with van der Waals surface area (Å²) < 4.78 is 25.3. The highest BCUT2D eigenvalue weighted by atomic mass is 19.1. The van der Waals surface area contributed by atoms with E-state index in [1.165, 1.54) is 16.8 Å². The largest absolute Gasteiger partial charge is 0.460 e. The van der Waals surface area contributed by atoms with Crippen molar-refractivity contribution in [1.82, 2.24) is 14.8 Å². The molecule has 0 aliphatic heterocycles. The van der Waals surface area contributed by atoms with Gasteiger partial charge in [-0.05, 0) is 25.0 Å². The number of benzene rings is 1. The molecule has 1 aliphatic rings. The number of ether oxygens (including phenoxy) is 2. The first-order valence-corrected chi connectivity index (χ1v) is 8.58. The SMILES string of the molecule is COCCOc1nc(-c2cccc(F)c2)n(C(=O)C2CCCCC2)n1. The van der Waals surface area contributed by atoms with Crippen LogP contribution >= 0.6 is 0 Å². The molecule has 0 unspecified atom stereocenters. The number of aromatic nitrogens is 3. The third kappa shape index (κ3) is 4.22. The van der Waals surface area contributed by atoms with Crippen LogP contribution in [0.5, 0.6) is 6.01 Å². The molecule has 0 amide bonds. The number of nitrogens with zero attached hydrogens (tertiary/aromatic N) is 3. The molecule has 0 spiro atoms. The van der Waals surface area contributed by atoms with Gasteiger partial charge in [-0.3, -0.25) is 4.79 Å². The molecule has 0 atom stereocenters. The minimum Gasteiger partial charge on any atom is -0.460 e. The van der Waals surface area contributed by atoms with Gasteiger partial charge in [0.1, 0.15) is 12.4 Å². The minimum atomic E-state index is -0.390. The summed E-state index contributed by atoms with van der Waals surface area (Å²) >= 11 is 0. The van der Waals surface area contributed by atoms with E-state index in [0.29, 0.717) is 18.0 Å². The average molecular weight is 347 g/mol. The van der Waals surface area contributed by atoms with Crippen molar-refractivity contribution in [3.63, 3.8) is 0 Å². The fourth-order valence-electron chi connectivity index (χ4n) is 3.06. The molecule has 25 heavy (non-hydrogen) atoms. The standard InChI is InChI=1S/C18H22FN3O3/c1-24-10-11-25-18-20-16(14-8-5-9-15(19)12-14)22(21-18)17(23)13-6-3-2-4-7-13/h5,8-9,12-13H,2-4,6-7,10-11H2,1H3. The summed E-state index contributed by atoms with van der Waals surface area (Å²) in [6, 6.07) is 6.08. The summed E-state index contributed by atoms with van der Waals surface area (Å²) in [5, 5.41) is 4.22. The van der Waals surface area contributed by atoms with E-state index in [0.717, 1.165) is 32.1 Å². The normalized spacial score (nSPS) is 15.3. The predicted molar refractivity (Wildman–Crippen MR) is 90.0 cm³/mol. The smallest absolute Gasteiger partial charge is 0.336 e. The van der Waals surface area contributed by atoms with Gasteiger partial charge in [-0.25, -0.2) is 4.39 Å². The van der Waals surface area contributed by atoms with Gasteiger partial charge < -0.3 is 9.47 Å². The molecular formula is C18H22FN3O3. The second-order valence-electron chi connectivity index (χ2n) is 6.15. The Labute approximate surface area is 146 Å². The maximum atomic E-state index is 13.6. The molecule has 1 fully saturated rings. The zero-order valence-corrected chi connectivity index (χ0v) is 14.3. The van der Waals surface area contributed by atoms with Crippen LogP contribution in [-0.4, -0.2) is 41.0 Å². The van der Waals surface area contributed by atoms with Crippen molar-refractivity contribution in [3.05, 3.63) is 30.1 Å². The average Bonchev–Trinajstić information content (AvgIpc) is 3.06. The van der Waals surface area contributed by atoms with Gasteiger partial charge in [0.25, 0.3) is 5.91 Å². The van der Waals surface area contributed by atoms with E-state index in [9.17, 15) is 9.18 Å². The topological polar surface area (TPSA) is 66.2 Å². The highest BCUT2D eigenvalue weighted by molar-refractivity contribution is 5.84. The van der Waals surface area contributed by atoms with Crippen LogP contribution in [0.25, 0.3) is 11.4 Å². The molecule has 7 heteroatoms. The second kappa shape index (κ2) is 8.20. The van der Waals surface area contributed by atoms with Gasteiger partial charge in [0, 0.05) is 18.6 Å². The van der Waals surface area contributed by atoms with Crippen molar-refractivity contribution < 1.29 is 18.7 Å². The van der Waals surface area contributed by atoms with Gasteiger partial charge >= 0.3 is 6.01 Å². The van der Waals surface area contributed by atoms with Crippen molar-refractivity contribution in [2.75, 3.05) is 20.3 Å². The third-order valence-corrected chi connectivity index (χ3v) is 4.35.